The first kappa shape index (κ1) is 40.8. The highest BCUT2D eigenvalue weighted by Gasteiger charge is 2.33. The second kappa shape index (κ2) is 28.6. The van der Waals surface area contributed by atoms with Crippen LogP contribution in [0.5, 0.6) is 0 Å². The van der Waals surface area contributed by atoms with Crippen molar-refractivity contribution >= 4 is 0 Å². The van der Waals surface area contributed by atoms with E-state index in [1.807, 2.05) is 0 Å². The Morgan fingerprint density at radius 2 is 0.854 bits per heavy atom. The average molecular weight is 587 g/mol. The Kier molecular flexibility index (Phi) is 28.4. The Balaban J connectivity index is 5.39. The van der Waals surface area contributed by atoms with Gasteiger partial charge in [0.1, 0.15) is 0 Å². The van der Waals surface area contributed by atoms with Crippen molar-refractivity contribution in [3.8, 4) is 0 Å². The van der Waals surface area contributed by atoms with Crippen molar-refractivity contribution in [3.63, 3.8) is 0 Å². The maximum atomic E-state index is 6.54. The molecule has 0 saturated heterocycles. The summed E-state index contributed by atoms with van der Waals surface area (Å²) in [4.78, 5) is 0. The fraction of sp³-hybridized carbons (Fsp3) is 1.00. The number of rotatable bonds is 32. The van der Waals surface area contributed by atoms with E-state index in [-0.39, 0.29) is 18.5 Å². The van der Waals surface area contributed by atoms with Crippen LogP contribution in [0.4, 0.5) is 0 Å². The van der Waals surface area contributed by atoms with Gasteiger partial charge in [-0.25, -0.2) is 0 Å². The minimum atomic E-state index is -0.909. The summed E-state index contributed by atoms with van der Waals surface area (Å²) >= 11 is 0. The molecule has 0 saturated carbocycles. The third-order valence-corrected chi connectivity index (χ3v) is 8.21. The standard InChI is InChI=1S/C36H74O5/c1-9-15-19-20-21-22-23-26-34(35(40-32(7)13-5)41-33(8)14-6)27-24-25-28-36(37-29-16-10-2,38-30-17-11-3)39-31-18-12-4/h32-35H,9-31H2,1-8H3. The van der Waals surface area contributed by atoms with Crippen LogP contribution in [0.25, 0.3) is 0 Å². The molecule has 248 valence electrons. The van der Waals surface area contributed by atoms with Crippen molar-refractivity contribution in [3.05, 3.63) is 0 Å². The number of ether oxygens (including phenoxy) is 5. The van der Waals surface area contributed by atoms with Crippen molar-refractivity contribution in [2.75, 3.05) is 19.8 Å². The SMILES string of the molecule is CCCCCCCCCC(CCCCC(OCCCC)(OCCCC)OCCCC)C(OC(C)CC)OC(C)CC. The van der Waals surface area contributed by atoms with E-state index in [9.17, 15) is 0 Å². The molecule has 0 aromatic rings. The smallest absolute Gasteiger partial charge is 0.282 e. The minimum Gasteiger partial charge on any atom is -0.349 e. The summed E-state index contributed by atoms with van der Waals surface area (Å²) in [5.41, 5.74) is 0. The van der Waals surface area contributed by atoms with Gasteiger partial charge in [0.2, 0.25) is 0 Å². The Labute approximate surface area is 257 Å². The second-order valence-electron chi connectivity index (χ2n) is 12.3. The van der Waals surface area contributed by atoms with Gasteiger partial charge in [0, 0.05) is 12.3 Å². The van der Waals surface area contributed by atoms with Crippen LogP contribution in [0.15, 0.2) is 0 Å². The van der Waals surface area contributed by atoms with Crippen LogP contribution in [-0.4, -0.2) is 44.3 Å². The molecular formula is C36H74O5. The van der Waals surface area contributed by atoms with Crippen molar-refractivity contribution in [1.29, 1.82) is 0 Å². The van der Waals surface area contributed by atoms with Crippen molar-refractivity contribution in [1.82, 2.24) is 0 Å². The third-order valence-electron chi connectivity index (χ3n) is 8.21. The second-order valence-corrected chi connectivity index (χ2v) is 12.3. The molecule has 0 rings (SSSR count). The van der Waals surface area contributed by atoms with Gasteiger partial charge >= 0.3 is 0 Å². The van der Waals surface area contributed by atoms with E-state index >= 15 is 0 Å². The van der Waals surface area contributed by atoms with Crippen molar-refractivity contribution in [2.24, 2.45) is 5.92 Å². The molecule has 0 bridgehead atoms. The molecule has 0 spiro atoms. The quantitative estimate of drug-likeness (QED) is 0.0579. The maximum absolute atomic E-state index is 6.54. The topological polar surface area (TPSA) is 46.2 Å². The first-order chi connectivity index (χ1) is 19.9. The van der Waals surface area contributed by atoms with Crippen LogP contribution in [-0.2, 0) is 23.7 Å². The summed E-state index contributed by atoms with van der Waals surface area (Å²) in [5, 5.41) is 0. The molecule has 0 aliphatic rings. The first-order valence-corrected chi connectivity index (χ1v) is 18.1. The third kappa shape index (κ3) is 22.0. The van der Waals surface area contributed by atoms with Crippen molar-refractivity contribution < 1.29 is 23.7 Å². The van der Waals surface area contributed by atoms with E-state index in [4.69, 9.17) is 23.7 Å². The summed E-state index contributed by atoms with van der Waals surface area (Å²) in [7, 11) is 0. The highest BCUT2D eigenvalue weighted by molar-refractivity contribution is 4.69. The van der Waals surface area contributed by atoms with Gasteiger partial charge in [-0.2, -0.15) is 0 Å². The molecular weight excluding hydrogens is 512 g/mol. The molecule has 3 unspecified atom stereocenters. The molecule has 5 nitrogen and oxygen atoms in total. The fourth-order valence-corrected chi connectivity index (χ4v) is 4.89. The molecule has 0 aromatic heterocycles. The fourth-order valence-electron chi connectivity index (χ4n) is 4.89. The van der Waals surface area contributed by atoms with Crippen LogP contribution in [0, 0.1) is 5.92 Å². The molecule has 0 aromatic carbocycles. The lowest BCUT2D eigenvalue weighted by atomic mass is 9.93. The summed E-state index contributed by atoms with van der Waals surface area (Å²) in [6, 6.07) is 0. The van der Waals surface area contributed by atoms with E-state index < -0.39 is 5.97 Å². The van der Waals surface area contributed by atoms with Gasteiger partial charge in [-0.3, -0.25) is 0 Å². The lowest BCUT2D eigenvalue weighted by Gasteiger charge is -2.34. The van der Waals surface area contributed by atoms with Crippen molar-refractivity contribution in [2.45, 2.75) is 208 Å². The summed E-state index contributed by atoms with van der Waals surface area (Å²) < 4.78 is 32.2. The number of hydrogen-bond donors (Lipinski definition) is 0. The lowest BCUT2D eigenvalue weighted by molar-refractivity contribution is -0.384. The summed E-state index contributed by atoms with van der Waals surface area (Å²) in [6.07, 6.45) is 23.2. The van der Waals surface area contributed by atoms with Gasteiger partial charge in [0.25, 0.3) is 5.97 Å². The van der Waals surface area contributed by atoms with Gasteiger partial charge in [0.05, 0.1) is 32.0 Å². The summed E-state index contributed by atoms with van der Waals surface area (Å²) in [6.45, 7) is 19.7. The average Bonchev–Trinajstić information content (AvgIpc) is 2.97. The van der Waals surface area contributed by atoms with Gasteiger partial charge in [-0.1, -0.05) is 112 Å². The monoisotopic (exact) mass is 587 g/mol. The van der Waals surface area contributed by atoms with Crippen LogP contribution in [0.3, 0.4) is 0 Å². The van der Waals surface area contributed by atoms with Crippen LogP contribution < -0.4 is 0 Å². The van der Waals surface area contributed by atoms with E-state index in [1.165, 1.54) is 51.4 Å². The van der Waals surface area contributed by atoms with E-state index in [2.05, 4.69) is 55.4 Å². The Hall–Kier alpha value is -0.200. The van der Waals surface area contributed by atoms with Crippen LogP contribution in [0.2, 0.25) is 0 Å². The first-order valence-electron chi connectivity index (χ1n) is 18.1. The zero-order chi connectivity index (χ0) is 30.6. The molecule has 0 amide bonds. The van der Waals surface area contributed by atoms with E-state index in [1.54, 1.807) is 0 Å². The van der Waals surface area contributed by atoms with Gasteiger partial charge < -0.3 is 23.7 Å². The highest BCUT2D eigenvalue weighted by atomic mass is 16.9. The maximum Gasteiger partial charge on any atom is 0.282 e. The van der Waals surface area contributed by atoms with Gasteiger partial charge in [-0.05, 0) is 65.2 Å². The minimum absolute atomic E-state index is 0.132. The zero-order valence-corrected chi connectivity index (χ0v) is 29.1. The van der Waals surface area contributed by atoms with E-state index in [0.29, 0.717) is 25.7 Å². The predicted octanol–water partition coefficient (Wildman–Crippen LogP) is 11.4. The molecule has 5 heteroatoms. The molecule has 0 radical (unpaired) electrons. The van der Waals surface area contributed by atoms with Gasteiger partial charge in [0.15, 0.2) is 6.29 Å². The highest BCUT2D eigenvalue weighted by Crippen LogP contribution is 2.30. The Bertz CT molecular complexity index is 490. The largest absolute Gasteiger partial charge is 0.349 e. The van der Waals surface area contributed by atoms with Gasteiger partial charge in [-0.15, -0.1) is 0 Å². The summed E-state index contributed by atoms with van der Waals surface area (Å²) in [5.74, 6) is -0.501. The number of hydrogen-bond acceptors (Lipinski definition) is 5. The number of unbranched alkanes of at least 4 members (excludes halogenated alkanes) is 10. The predicted molar refractivity (Wildman–Crippen MR) is 175 cm³/mol. The van der Waals surface area contributed by atoms with Crippen LogP contribution in [0.1, 0.15) is 184 Å². The van der Waals surface area contributed by atoms with E-state index in [0.717, 1.165) is 77.0 Å². The normalized spacial score (nSPS) is 15.2. The lowest BCUT2D eigenvalue weighted by Crippen LogP contribution is -2.40. The molecule has 41 heavy (non-hydrogen) atoms. The zero-order valence-electron chi connectivity index (χ0n) is 29.1. The van der Waals surface area contributed by atoms with Crippen LogP contribution >= 0.6 is 0 Å². The molecule has 0 N–H and O–H groups in total. The Morgan fingerprint density at radius 1 is 0.463 bits per heavy atom. The molecule has 0 aliphatic heterocycles. The molecule has 0 fully saturated rings. The molecule has 3 atom stereocenters. The molecule has 0 heterocycles. The Morgan fingerprint density at radius 3 is 1.27 bits per heavy atom. The molecule has 0 aliphatic carbocycles.